The first-order valence-electron chi connectivity index (χ1n) is 8.53. The predicted molar refractivity (Wildman–Crippen MR) is 98.3 cm³/mol. The quantitative estimate of drug-likeness (QED) is 0.892. The summed E-state index contributed by atoms with van der Waals surface area (Å²) >= 11 is 0. The molecule has 0 aromatic carbocycles. The summed E-state index contributed by atoms with van der Waals surface area (Å²) in [5, 5.41) is 7.49. The Kier molecular flexibility index (Phi) is 5.50. The molecule has 2 aromatic heterocycles. The van der Waals surface area contributed by atoms with E-state index in [1.54, 1.807) is 6.20 Å². The van der Waals surface area contributed by atoms with E-state index < -0.39 is 17.2 Å². The molecule has 0 radical (unpaired) electrons. The first-order chi connectivity index (χ1) is 11.6. The molecule has 136 valence electrons. The van der Waals surface area contributed by atoms with Crippen LogP contribution in [-0.4, -0.2) is 32.0 Å². The molecule has 1 N–H and O–H groups in total. The Morgan fingerprint density at radius 2 is 1.96 bits per heavy atom. The molecule has 0 aliphatic rings. The van der Waals surface area contributed by atoms with Gasteiger partial charge in [-0.25, -0.2) is 4.79 Å². The molecule has 0 aliphatic carbocycles. The van der Waals surface area contributed by atoms with Gasteiger partial charge in [0.05, 0.1) is 17.1 Å². The Balaban J connectivity index is 2.04. The number of aryl methyl sites for hydroxylation is 2. The van der Waals surface area contributed by atoms with Gasteiger partial charge >= 0.3 is 6.09 Å². The van der Waals surface area contributed by atoms with E-state index in [0.717, 1.165) is 17.1 Å². The van der Waals surface area contributed by atoms with Gasteiger partial charge in [-0.15, -0.1) is 0 Å². The van der Waals surface area contributed by atoms with Gasteiger partial charge in [-0.05, 0) is 66.2 Å². The summed E-state index contributed by atoms with van der Waals surface area (Å²) < 4.78 is 7.28. The molecule has 0 fully saturated rings. The Morgan fingerprint density at radius 3 is 2.56 bits per heavy atom. The molecule has 25 heavy (non-hydrogen) atoms. The summed E-state index contributed by atoms with van der Waals surface area (Å²) in [6.07, 6.45) is 2.09. The lowest BCUT2D eigenvalue weighted by atomic mass is 10.0. The van der Waals surface area contributed by atoms with Crippen LogP contribution in [0.25, 0.3) is 11.4 Å². The number of hydrogen-bond donors (Lipinski definition) is 1. The standard InChI is InChI=1S/C19H28N4O2/c1-14-13-16(15-9-7-8-11-20-15)23(22-14)12-10-19(5,6)21-17(24)25-18(2,3)4/h7-9,11,13H,10,12H2,1-6H3,(H,21,24). The molecule has 0 bridgehead atoms. The number of amides is 1. The zero-order chi connectivity index (χ0) is 18.7. The maximum Gasteiger partial charge on any atom is 0.408 e. The normalized spacial score (nSPS) is 12.1. The lowest BCUT2D eigenvalue weighted by Gasteiger charge is -2.28. The highest BCUT2D eigenvalue weighted by molar-refractivity contribution is 5.68. The highest BCUT2D eigenvalue weighted by Gasteiger charge is 2.25. The average Bonchev–Trinajstić information content (AvgIpc) is 2.85. The van der Waals surface area contributed by atoms with Crippen molar-refractivity contribution in [3.8, 4) is 11.4 Å². The largest absolute Gasteiger partial charge is 0.444 e. The molecule has 2 aromatic rings. The number of ether oxygens (including phenoxy) is 1. The van der Waals surface area contributed by atoms with Crippen LogP contribution in [0, 0.1) is 6.92 Å². The molecule has 0 saturated heterocycles. The third-order valence-corrected chi connectivity index (χ3v) is 3.62. The number of alkyl carbamates (subject to hydrolysis) is 1. The summed E-state index contributed by atoms with van der Waals surface area (Å²) in [5.41, 5.74) is 1.89. The summed E-state index contributed by atoms with van der Waals surface area (Å²) in [7, 11) is 0. The predicted octanol–water partition coefficient (Wildman–Crippen LogP) is 3.95. The number of aromatic nitrogens is 3. The van der Waals surface area contributed by atoms with Crippen molar-refractivity contribution < 1.29 is 9.53 Å². The van der Waals surface area contributed by atoms with Gasteiger partial charge in [0.2, 0.25) is 0 Å². The number of pyridine rings is 1. The molecule has 0 spiro atoms. The van der Waals surface area contributed by atoms with Gasteiger partial charge in [0, 0.05) is 18.3 Å². The molecular formula is C19H28N4O2. The third-order valence-electron chi connectivity index (χ3n) is 3.62. The van der Waals surface area contributed by atoms with Crippen molar-refractivity contribution in [1.29, 1.82) is 0 Å². The molecule has 2 heterocycles. The fraction of sp³-hybridized carbons (Fsp3) is 0.526. The zero-order valence-electron chi connectivity index (χ0n) is 16.0. The second-order valence-corrected chi connectivity index (χ2v) is 7.87. The van der Waals surface area contributed by atoms with Gasteiger partial charge in [-0.1, -0.05) is 6.07 Å². The second-order valence-electron chi connectivity index (χ2n) is 7.87. The highest BCUT2D eigenvalue weighted by Crippen LogP contribution is 2.20. The Morgan fingerprint density at radius 1 is 1.24 bits per heavy atom. The topological polar surface area (TPSA) is 69.0 Å². The lowest BCUT2D eigenvalue weighted by molar-refractivity contribution is 0.0465. The van der Waals surface area contributed by atoms with Crippen LogP contribution >= 0.6 is 0 Å². The molecule has 0 saturated carbocycles. The van der Waals surface area contributed by atoms with Crippen molar-refractivity contribution in [3.63, 3.8) is 0 Å². The van der Waals surface area contributed by atoms with E-state index >= 15 is 0 Å². The van der Waals surface area contributed by atoms with E-state index in [9.17, 15) is 4.79 Å². The molecule has 0 atom stereocenters. The maximum atomic E-state index is 12.0. The molecule has 2 rings (SSSR count). The van der Waals surface area contributed by atoms with Crippen molar-refractivity contribution in [2.45, 2.75) is 65.6 Å². The summed E-state index contributed by atoms with van der Waals surface area (Å²) in [4.78, 5) is 16.4. The first kappa shape index (κ1) is 19.0. The molecular weight excluding hydrogens is 316 g/mol. The van der Waals surface area contributed by atoms with Gasteiger partial charge in [0.15, 0.2) is 0 Å². The number of hydrogen-bond acceptors (Lipinski definition) is 4. The van der Waals surface area contributed by atoms with E-state index in [0.29, 0.717) is 13.0 Å². The molecule has 6 nitrogen and oxygen atoms in total. The van der Waals surface area contributed by atoms with Crippen LogP contribution in [0.3, 0.4) is 0 Å². The monoisotopic (exact) mass is 344 g/mol. The number of nitrogens with zero attached hydrogens (tertiary/aromatic N) is 3. The number of nitrogens with one attached hydrogen (secondary N) is 1. The van der Waals surface area contributed by atoms with Crippen LogP contribution in [0.2, 0.25) is 0 Å². The van der Waals surface area contributed by atoms with Gasteiger partial charge in [0.1, 0.15) is 5.60 Å². The number of carbonyl (C=O) groups is 1. The highest BCUT2D eigenvalue weighted by atomic mass is 16.6. The molecule has 0 aliphatic heterocycles. The minimum Gasteiger partial charge on any atom is -0.444 e. The number of rotatable bonds is 5. The zero-order valence-corrected chi connectivity index (χ0v) is 16.0. The first-order valence-corrected chi connectivity index (χ1v) is 8.53. The SMILES string of the molecule is Cc1cc(-c2ccccn2)n(CCC(C)(C)NC(=O)OC(C)(C)C)n1. The van der Waals surface area contributed by atoms with E-state index in [2.05, 4.69) is 15.4 Å². The average molecular weight is 344 g/mol. The van der Waals surface area contributed by atoms with Crippen molar-refractivity contribution in [2.75, 3.05) is 0 Å². The van der Waals surface area contributed by atoms with Crippen molar-refractivity contribution >= 4 is 6.09 Å². The van der Waals surface area contributed by atoms with Crippen LogP contribution in [0.15, 0.2) is 30.5 Å². The van der Waals surface area contributed by atoms with E-state index in [-0.39, 0.29) is 0 Å². The van der Waals surface area contributed by atoms with Crippen molar-refractivity contribution in [1.82, 2.24) is 20.1 Å². The fourth-order valence-corrected chi connectivity index (χ4v) is 2.46. The van der Waals surface area contributed by atoms with E-state index in [4.69, 9.17) is 4.74 Å². The van der Waals surface area contributed by atoms with Crippen molar-refractivity contribution in [2.24, 2.45) is 0 Å². The Hall–Kier alpha value is -2.37. The van der Waals surface area contributed by atoms with Crippen molar-refractivity contribution in [3.05, 3.63) is 36.2 Å². The molecule has 6 heteroatoms. The number of carbonyl (C=O) groups excluding carboxylic acids is 1. The van der Waals surface area contributed by atoms with E-state index in [1.807, 2.05) is 70.5 Å². The lowest BCUT2D eigenvalue weighted by Crippen LogP contribution is -2.46. The summed E-state index contributed by atoms with van der Waals surface area (Å²) in [6, 6.07) is 7.85. The molecule has 1 amide bonds. The van der Waals surface area contributed by atoms with Crippen LogP contribution in [0.4, 0.5) is 4.79 Å². The molecule has 0 unspecified atom stereocenters. The smallest absolute Gasteiger partial charge is 0.408 e. The summed E-state index contributed by atoms with van der Waals surface area (Å²) in [5.74, 6) is 0. The minimum absolute atomic E-state index is 0.404. The van der Waals surface area contributed by atoms with Gasteiger partial charge < -0.3 is 10.1 Å². The van der Waals surface area contributed by atoms with Crippen LogP contribution in [-0.2, 0) is 11.3 Å². The summed E-state index contributed by atoms with van der Waals surface area (Å²) in [6.45, 7) is 12.2. The third kappa shape index (κ3) is 5.89. The second kappa shape index (κ2) is 7.25. The van der Waals surface area contributed by atoms with Gasteiger partial charge in [-0.3, -0.25) is 9.67 Å². The Bertz CT molecular complexity index is 715. The van der Waals surface area contributed by atoms with E-state index in [1.165, 1.54) is 0 Å². The van der Waals surface area contributed by atoms with Crippen LogP contribution in [0.1, 0.15) is 46.7 Å². The van der Waals surface area contributed by atoms with Gasteiger partial charge in [0.25, 0.3) is 0 Å². The van der Waals surface area contributed by atoms with Crippen LogP contribution < -0.4 is 5.32 Å². The van der Waals surface area contributed by atoms with Crippen LogP contribution in [0.5, 0.6) is 0 Å². The fourth-order valence-electron chi connectivity index (χ4n) is 2.46. The Labute approximate surface area is 149 Å². The maximum absolute atomic E-state index is 12.0. The minimum atomic E-state index is -0.509. The van der Waals surface area contributed by atoms with Gasteiger partial charge in [-0.2, -0.15) is 5.10 Å².